The molecule has 0 bridgehead atoms. The summed E-state index contributed by atoms with van der Waals surface area (Å²) < 4.78 is 28.5. The van der Waals surface area contributed by atoms with Gasteiger partial charge < -0.3 is 15.6 Å². The van der Waals surface area contributed by atoms with Crippen LogP contribution in [0, 0.1) is 0 Å². The maximum absolute atomic E-state index is 12.1. The summed E-state index contributed by atoms with van der Waals surface area (Å²) in [6.07, 6.45) is 0.221. The third-order valence-electron chi connectivity index (χ3n) is 1.96. The monoisotopic (exact) mass is 287 g/mol. The smallest absolute Gasteiger partial charge is 0.387 e. The second-order valence-corrected chi connectivity index (χ2v) is 3.71. The number of nitrogens with two attached hydrogens (primary N) is 1. The molecule has 3 nitrogen and oxygen atoms in total. The van der Waals surface area contributed by atoms with E-state index in [1.54, 1.807) is 0 Å². The van der Waals surface area contributed by atoms with Crippen molar-refractivity contribution in [3.63, 3.8) is 0 Å². The van der Waals surface area contributed by atoms with Crippen molar-refractivity contribution >= 4 is 24.0 Å². The van der Waals surface area contributed by atoms with Gasteiger partial charge in [0.05, 0.1) is 6.61 Å². The van der Waals surface area contributed by atoms with Gasteiger partial charge in [0.25, 0.3) is 0 Å². The van der Waals surface area contributed by atoms with Gasteiger partial charge in [-0.2, -0.15) is 8.78 Å². The fourth-order valence-corrected chi connectivity index (χ4v) is 1.46. The SMILES string of the molecule is Cl.NC(CO)Cc1cc(Cl)ccc1OC(F)F. The van der Waals surface area contributed by atoms with Crippen molar-refractivity contribution in [2.75, 3.05) is 6.61 Å². The van der Waals surface area contributed by atoms with Crippen molar-refractivity contribution in [1.82, 2.24) is 0 Å². The van der Waals surface area contributed by atoms with Gasteiger partial charge in [-0.05, 0) is 30.2 Å². The Morgan fingerprint density at radius 1 is 1.41 bits per heavy atom. The normalized spacial score (nSPS) is 12.1. The predicted molar refractivity (Wildman–Crippen MR) is 64.1 cm³/mol. The first-order valence-corrected chi connectivity index (χ1v) is 5.00. The van der Waals surface area contributed by atoms with Gasteiger partial charge in [-0.15, -0.1) is 12.4 Å². The van der Waals surface area contributed by atoms with E-state index in [4.69, 9.17) is 22.4 Å². The van der Waals surface area contributed by atoms with Crippen LogP contribution in [0.2, 0.25) is 5.02 Å². The lowest BCUT2D eigenvalue weighted by atomic mass is 10.1. The Hall–Kier alpha value is -0.620. The molecule has 0 aliphatic carbocycles. The minimum absolute atomic E-state index is 0. The van der Waals surface area contributed by atoms with E-state index >= 15 is 0 Å². The molecule has 0 aromatic heterocycles. The van der Waals surface area contributed by atoms with Gasteiger partial charge in [-0.1, -0.05) is 11.6 Å². The number of aliphatic hydroxyl groups is 1. The number of benzene rings is 1. The Labute approximate surface area is 109 Å². The molecule has 1 atom stereocenters. The summed E-state index contributed by atoms with van der Waals surface area (Å²) >= 11 is 5.73. The van der Waals surface area contributed by atoms with Crippen molar-refractivity contribution in [3.8, 4) is 5.75 Å². The van der Waals surface area contributed by atoms with Crippen LogP contribution in [0.1, 0.15) is 5.56 Å². The third-order valence-corrected chi connectivity index (χ3v) is 2.19. The molecule has 0 amide bonds. The maximum Gasteiger partial charge on any atom is 0.387 e. The van der Waals surface area contributed by atoms with Gasteiger partial charge in [0.1, 0.15) is 5.75 Å². The van der Waals surface area contributed by atoms with Gasteiger partial charge in [-0.3, -0.25) is 0 Å². The van der Waals surface area contributed by atoms with Gasteiger partial charge >= 0.3 is 6.61 Å². The van der Waals surface area contributed by atoms with Crippen LogP contribution in [0.25, 0.3) is 0 Å². The molecule has 0 spiro atoms. The Morgan fingerprint density at radius 3 is 2.59 bits per heavy atom. The summed E-state index contributed by atoms with van der Waals surface area (Å²) in [6.45, 7) is -3.13. The number of hydrogen-bond donors (Lipinski definition) is 2. The Balaban J connectivity index is 0.00000256. The molecule has 0 aliphatic heterocycles. The molecule has 7 heteroatoms. The average Bonchev–Trinajstić information content (AvgIpc) is 2.21. The van der Waals surface area contributed by atoms with E-state index in [0.29, 0.717) is 10.6 Å². The number of ether oxygens (including phenoxy) is 1. The molecule has 17 heavy (non-hydrogen) atoms. The zero-order valence-electron chi connectivity index (χ0n) is 8.78. The number of rotatable bonds is 5. The first-order valence-electron chi connectivity index (χ1n) is 4.62. The first-order chi connectivity index (χ1) is 7.52. The summed E-state index contributed by atoms with van der Waals surface area (Å²) in [5.74, 6) is 0.0308. The molecule has 0 fully saturated rings. The standard InChI is InChI=1S/C10H12ClF2NO2.ClH/c11-7-1-2-9(16-10(12)13)6(3-7)4-8(14)5-15;/h1-3,8,10,15H,4-5,14H2;1H. The van der Waals surface area contributed by atoms with Crippen molar-refractivity contribution in [3.05, 3.63) is 28.8 Å². The van der Waals surface area contributed by atoms with Crippen LogP contribution in [0.5, 0.6) is 5.75 Å². The molecule has 0 heterocycles. The number of hydrogen-bond acceptors (Lipinski definition) is 3. The van der Waals surface area contributed by atoms with Gasteiger partial charge in [-0.25, -0.2) is 0 Å². The molecule has 3 N–H and O–H groups in total. The van der Waals surface area contributed by atoms with Crippen molar-refractivity contribution in [1.29, 1.82) is 0 Å². The van der Waals surface area contributed by atoms with E-state index in [1.165, 1.54) is 18.2 Å². The molecule has 1 unspecified atom stereocenters. The second kappa shape index (κ2) is 7.66. The van der Waals surface area contributed by atoms with E-state index in [9.17, 15) is 8.78 Å². The van der Waals surface area contributed by atoms with Gasteiger partial charge in [0.2, 0.25) is 0 Å². The molecule has 1 rings (SSSR count). The molecular weight excluding hydrogens is 275 g/mol. The highest BCUT2D eigenvalue weighted by molar-refractivity contribution is 6.30. The van der Waals surface area contributed by atoms with Gasteiger partial charge in [0.15, 0.2) is 0 Å². The van der Waals surface area contributed by atoms with Crippen LogP contribution in [0.4, 0.5) is 8.78 Å². The maximum atomic E-state index is 12.1. The average molecular weight is 288 g/mol. The van der Waals surface area contributed by atoms with E-state index in [0.717, 1.165) is 0 Å². The topological polar surface area (TPSA) is 55.5 Å². The lowest BCUT2D eigenvalue weighted by molar-refractivity contribution is -0.0505. The number of halogens is 4. The van der Waals surface area contributed by atoms with Crippen LogP contribution in [0.3, 0.4) is 0 Å². The summed E-state index contributed by atoms with van der Waals surface area (Å²) in [5.41, 5.74) is 5.97. The van der Waals surface area contributed by atoms with Crippen LogP contribution in [-0.2, 0) is 6.42 Å². The summed E-state index contributed by atoms with van der Waals surface area (Å²) in [6, 6.07) is 3.77. The fraction of sp³-hybridized carbons (Fsp3) is 0.400. The zero-order valence-corrected chi connectivity index (χ0v) is 10.3. The van der Waals surface area contributed by atoms with Crippen LogP contribution in [0.15, 0.2) is 18.2 Å². The first kappa shape index (κ1) is 16.4. The quantitative estimate of drug-likeness (QED) is 0.873. The summed E-state index contributed by atoms with van der Waals surface area (Å²) in [7, 11) is 0. The Bertz CT molecular complexity index is 353. The van der Waals surface area contributed by atoms with Crippen LogP contribution < -0.4 is 10.5 Å². The second-order valence-electron chi connectivity index (χ2n) is 3.28. The molecule has 0 saturated carbocycles. The molecule has 1 aromatic rings. The van der Waals surface area contributed by atoms with E-state index in [1.807, 2.05) is 0 Å². The van der Waals surface area contributed by atoms with Crippen LogP contribution in [-0.4, -0.2) is 24.4 Å². The largest absolute Gasteiger partial charge is 0.435 e. The zero-order chi connectivity index (χ0) is 12.1. The Morgan fingerprint density at radius 2 is 2.06 bits per heavy atom. The highest BCUT2D eigenvalue weighted by Gasteiger charge is 2.12. The molecule has 0 radical (unpaired) electrons. The number of alkyl halides is 2. The van der Waals surface area contributed by atoms with E-state index in [-0.39, 0.29) is 31.2 Å². The predicted octanol–water partition coefficient (Wildman–Crippen LogP) is 2.23. The molecule has 0 saturated heterocycles. The van der Waals surface area contributed by atoms with Crippen molar-refractivity contribution in [2.24, 2.45) is 5.73 Å². The highest BCUT2D eigenvalue weighted by Crippen LogP contribution is 2.25. The summed E-state index contributed by atoms with van der Waals surface area (Å²) in [5, 5.41) is 9.20. The highest BCUT2D eigenvalue weighted by atomic mass is 35.5. The molecular formula is C10H13Cl2F2NO2. The lowest BCUT2D eigenvalue weighted by Crippen LogP contribution is -2.27. The van der Waals surface area contributed by atoms with E-state index in [2.05, 4.69) is 4.74 Å². The molecule has 0 aliphatic rings. The third kappa shape index (κ3) is 5.50. The van der Waals surface area contributed by atoms with Crippen molar-refractivity contribution in [2.45, 2.75) is 19.1 Å². The van der Waals surface area contributed by atoms with Gasteiger partial charge in [0, 0.05) is 11.1 Å². The lowest BCUT2D eigenvalue weighted by Gasteiger charge is -2.13. The fourth-order valence-electron chi connectivity index (χ4n) is 1.27. The molecule has 98 valence electrons. The minimum Gasteiger partial charge on any atom is -0.435 e. The molecule has 1 aromatic carbocycles. The van der Waals surface area contributed by atoms with Crippen molar-refractivity contribution < 1.29 is 18.6 Å². The Kier molecular flexibility index (Phi) is 7.38. The van der Waals surface area contributed by atoms with Crippen LogP contribution >= 0.6 is 24.0 Å². The van der Waals surface area contributed by atoms with E-state index < -0.39 is 12.7 Å². The number of aliphatic hydroxyl groups excluding tert-OH is 1. The minimum atomic E-state index is -2.90. The summed E-state index contributed by atoms with van der Waals surface area (Å²) in [4.78, 5) is 0.